The van der Waals surface area contributed by atoms with Gasteiger partial charge in [0.05, 0.1) is 19.2 Å². The summed E-state index contributed by atoms with van der Waals surface area (Å²) in [6.07, 6.45) is 0.306. The molecule has 1 N–H and O–H groups in total. The molecule has 0 amide bonds. The Morgan fingerprint density at radius 3 is 2.89 bits per heavy atom. The Morgan fingerprint density at radius 2 is 2.22 bits per heavy atom. The third-order valence-electron chi connectivity index (χ3n) is 2.69. The lowest BCUT2D eigenvalue weighted by Gasteiger charge is -2.13. The van der Waals surface area contributed by atoms with Crippen molar-refractivity contribution >= 4 is 16.9 Å². The molecular weight excluding hydrogens is 234 g/mol. The molecule has 5 nitrogen and oxygen atoms in total. The molecule has 0 fully saturated rings. The Bertz CT molecular complexity index is 561. The number of nitrogens with zero attached hydrogens (tertiary/aromatic N) is 1. The molecule has 1 atom stereocenters. The molecule has 0 aliphatic heterocycles. The Hall–Kier alpha value is -2.01. The molecule has 1 aromatic heterocycles. The highest BCUT2D eigenvalue weighted by Gasteiger charge is 2.19. The van der Waals surface area contributed by atoms with Crippen LogP contribution in [0.5, 0.6) is 5.75 Å². The number of benzene rings is 1. The number of hydrogen-bond acceptors (Lipinski definition) is 4. The predicted molar refractivity (Wildman–Crippen MR) is 66.4 cm³/mol. The van der Waals surface area contributed by atoms with Gasteiger partial charge in [-0.25, -0.2) is 4.79 Å². The molecule has 1 unspecified atom stereocenters. The van der Waals surface area contributed by atoms with E-state index in [1.54, 1.807) is 26.3 Å². The number of aliphatic hydroxyl groups is 1. The van der Waals surface area contributed by atoms with E-state index >= 15 is 0 Å². The maximum absolute atomic E-state index is 11.5. The van der Waals surface area contributed by atoms with Crippen LogP contribution in [0, 0.1) is 0 Å². The molecule has 0 bridgehead atoms. The average Bonchev–Trinajstić information content (AvgIpc) is 2.80. The highest BCUT2D eigenvalue weighted by atomic mass is 16.5. The number of esters is 1. The van der Waals surface area contributed by atoms with Crippen molar-refractivity contribution in [1.29, 1.82) is 0 Å². The third kappa shape index (κ3) is 2.17. The van der Waals surface area contributed by atoms with Gasteiger partial charge in [0.25, 0.3) is 0 Å². The summed E-state index contributed by atoms with van der Waals surface area (Å²) < 4.78 is 11.4. The van der Waals surface area contributed by atoms with Gasteiger partial charge in [-0.15, -0.1) is 0 Å². The second kappa shape index (κ2) is 5.10. The van der Waals surface area contributed by atoms with Gasteiger partial charge in [0.15, 0.2) is 0 Å². The molecule has 0 saturated heterocycles. The topological polar surface area (TPSA) is 60.7 Å². The highest BCUT2D eigenvalue weighted by molar-refractivity contribution is 5.84. The van der Waals surface area contributed by atoms with Crippen molar-refractivity contribution < 1.29 is 19.4 Å². The molecule has 5 heteroatoms. The van der Waals surface area contributed by atoms with Crippen molar-refractivity contribution in [2.75, 3.05) is 13.7 Å². The van der Waals surface area contributed by atoms with E-state index < -0.39 is 12.2 Å². The van der Waals surface area contributed by atoms with Crippen LogP contribution in [0.25, 0.3) is 10.9 Å². The number of rotatable bonds is 4. The molecule has 1 aromatic carbocycles. The van der Waals surface area contributed by atoms with Gasteiger partial charge in [-0.1, -0.05) is 0 Å². The van der Waals surface area contributed by atoms with Gasteiger partial charge < -0.3 is 19.1 Å². The lowest BCUT2D eigenvalue weighted by Crippen LogP contribution is -2.20. The maximum atomic E-state index is 11.5. The van der Waals surface area contributed by atoms with Gasteiger partial charge in [0, 0.05) is 12.3 Å². The smallest absolute Gasteiger partial charge is 0.356 e. The molecule has 18 heavy (non-hydrogen) atoms. The van der Waals surface area contributed by atoms with E-state index in [9.17, 15) is 9.90 Å². The molecule has 0 radical (unpaired) electrons. The molecule has 0 saturated carbocycles. The SMILES string of the molecule is CCOC(=O)C(O)n1ccc2ccc(OC)cc21. The Morgan fingerprint density at radius 1 is 1.44 bits per heavy atom. The fraction of sp³-hybridized carbons (Fsp3) is 0.308. The van der Waals surface area contributed by atoms with Gasteiger partial charge in [-0.3, -0.25) is 0 Å². The number of ether oxygens (including phenoxy) is 2. The maximum Gasteiger partial charge on any atom is 0.356 e. The van der Waals surface area contributed by atoms with Crippen LogP contribution in [0.2, 0.25) is 0 Å². The molecule has 0 spiro atoms. The summed E-state index contributed by atoms with van der Waals surface area (Å²) in [4.78, 5) is 11.5. The van der Waals surface area contributed by atoms with Crippen LogP contribution in [-0.4, -0.2) is 29.4 Å². The Kier molecular flexibility index (Phi) is 3.53. The standard InChI is InChI=1S/C13H15NO4/c1-3-18-13(16)12(15)14-7-6-9-4-5-10(17-2)8-11(9)14/h4-8,12,15H,3H2,1-2H3. The Balaban J connectivity index is 2.41. The van der Waals surface area contributed by atoms with Gasteiger partial charge in [-0.05, 0) is 30.5 Å². The predicted octanol–water partition coefficient (Wildman–Crippen LogP) is 1.70. The van der Waals surface area contributed by atoms with E-state index in [0.717, 1.165) is 10.9 Å². The van der Waals surface area contributed by atoms with Crippen LogP contribution in [0.15, 0.2) is 30.5 Å². The number of hydrogen-bond donors (Lipinski definition) is 1. The number of methoxy groups -OCH3 is 1. The molecule has 0 aliphatic rings. The largest absolute Gasteiger partial charge is 0.497 e. The zero-order valence-electron chi connectivity index (χ0n) is 10.3. The summed E-state index contributed by atoms with van der Waals surface area (Å²) in [6.45, 7) is 1.93. The van der Waals surface area contributed by atoms with Gasteiger partial charge in [0.2, 0.25) is 6.23 Å². The van der Waals surface area contributed by atoms with E-state index in [-0.39, 0.29) is 6.61 Å². The summed E-state index contributed by atoms with van der Waals surface area (Å²) in [5.74, 6) is -0.00340. The fourth-order valence-corrected chi connectivity index (χ4v) is 1.80. The first-order valence-electron chi connectivity index (χ1n) is 5.66. The van der Waals surface area contributed by atoms with Crippen molar-refractivity contribution in [1.82, 2.24) is 4.57 Å². The van der Waals surface area contributed by atoms with Crippen LogP contribution in [0.4, 0.5) is 0 Å². The Labute approximate surface area is 105 Å². The van der Waals surface area contributed by atoms with E-state index in [4.69, 9.17) is 9.47 Å². The van der Waals surface area contributed by atoms with Crippen LogP contribution in [-0.2, 0) is 9.53 Å². The lowest BCUT2D eigenvalue weighted by molar-refractivity contribution is -0.158. The number of carbonyl (C=O) groups is 1. The minimum Gasteiger partial charge on any atom is -0.497 e. The first kappa shape index (κ1) is 12.4. The molecule has 0 aliphatic carbocycles. The first-order chi connectivity index (χ1) is 8.67. The summed E-state index contributed by atoms with van der Waals surface area (Å²) in [5.41, 5.74) is 0.718. The summed E-state index contributed by atoms with van der Waals surface area (Å²) in [5, 5.41) is 10.8. The average molecular weight is 249 g/mol. The quantitative estimate of drug-likeness (QED) is 0.838. The molecule has 1 heterocycles. The normalized spacial score (nSPS) is 12.4. The van der Waals surface area contributed by atoms with Crippen molar-refractivity contribution in [3.63, 3.8) is 0 Å². The molecule has 2 aromatic rings. The minimum atomic E-state index is -1.34. The van der Waals surface area contributed by atoms with Gasteiger partial charge >= 0.3 is 5.97 Å². The molecular formula is C13H15NO4. The fourth-order valence-electron chi connectivity index (χ4n) is 1.80. The number of aromatic nitrogens is 1. The zero-order chi connectivity index (χ0) is 13.1. The van der Waals surface area contributed by atoms with Crippen molar-refractivity contribution in [2.45, 2.75) is 13.2 Å². The number of aliphatic hydroxyl groups excluding tert-OH is 1. The van der Waals surface area contributed by atoms with Crippen LogP contribution >= 0.6 is 0 Å². The summed E-state index contributed by atoms with van der Waals surface area (Å²) in [6, 6.07) is 7.26. The van der Waals surface area contributed by atoms with Crippen molar-refractivity contribution in [3.8, 4) is 5.75 Å². The van der Waals surface area contributed by atoms with E-state index in [1.807, 2.05) is 18.2 Å². The second-order valence-corrected chi connectivity index (χ2v) is 3.77. The zero-order valence-corrected chi connectivity index (χ0v) is 10.3. The summed E-state index contributed by atoms with van der Waals surface area (Å²) >= 11 is 0. The van der Waals surface area contributed by atoms with Crippen molar-refractivity contribution in [3.05, 3.63) is 30.5 Å². The number of carbonyl (C=O) groups excluding carboxylic acids is 1. The van der Waals surface area contributed by atoms with E-state index in [0.29, 0.717) is 5.75 Å². The van der Waals surface area contributed by atoms with Crippen molar-refractivity contribution in [2.24, 2.45) is 0 Å². The van der Waals surface area contributed by atoms with E-state index in [1.165, 1.54) is 4.57 Å². The first-order valence-corrected chi connectivity index (χ1v) is 5.66. The second-order valence-electron chi connectivity index (χ2n) is 3.77. The molecule has 2 rings (SSSR count). The van der Waals surface area contributed by atoms with Crippen LogP contribution in [0.3, 0.4) is 0 Å². The monoisotopic (exact) mass is 249 g/mol. The molecule has 96 valence electrons. The lowest BCUT2D eigenvalue weighted by atomic mass is 10.2. The number of fused-ring (bicyclic) bond motifs is 1. The minimum absolute atomic E-state index is 0.235. The van der Waals surface area contributed by atoms with Crippen LogP contribution in [0.1, 0.15) is 13.2 Å². The van der Waals surface area contributed by atoms with Gasteiger partial charge in [0.1, 0.15) is 5.75 Å². The van der Waals surface area contributed by atoms with Gasteiger partial charge in [-0.2, -0.15) is 0 Å². The van der Waals surface area contributed by atoms with Crippen LogP contribution < -0.4 is 4.74 Å². The summed E-state index contributed by atoms with van der Waals surface area (Å²) in [7, 11) is 1.57. The highest BCUT2D eigenvalue weighted by Crippen LogP contribution is 2.24. The third-order valence-corrected chi connectivity index (χ3v) is 2.69. The van der Waals surface area contributed by atoms with E-state index in [2.05, 4.69) is 0 Å².